The first-order valence-electron chi connectivity index (χ1n) is 8.95. The van der Waals surface area contributed by atoms with Crippen LogP contribution in [-0.4, -0.2) is 10.7 Å². The van der Waals surface area contributed by atoms with Gasteiger partial charge >= 0.3 is 0 Å². The van der Waals surface area contributed by atoms with E-state index in [-0.39, 0.29) is 5.92 Å². The summed E-state index contributed by atoms with van der Waals surface area (Å²) < 4.78 is 0. The molecule has 0 saturated carbocycles. The van der Waals surface area contributed by atoms with Gasteiger partial charge in [0.25, 0.3) is 0 Å². The van der Waals surface area contributed by atoms with Crippen molar-refractivity contribution >= 4 is 34.3 Å². The van der Waals surface area contributed by atoms with Crippen molar-refractivity contribution in [1.29, 1.82) is 5.26 Å². The van der Waals surface area contributed by atoms with Crippen LogP contribution in [0.15, 0.2) is 42.6 Å². The van der Waals surface area contributed by atoms with Gasteiger partial charge in [-0.05, 0) is 53.5 Å². The Morgan fingerprint density at radius 3 is 2.81 bits per heavy atom. The second-order valence-corrected chi connectivity index (χ2v) is 8.18. The molecule has 0 aliphatic carbocycles. The molecule has 0 fully saturated rings. The lowest BCUT2D eigenvalue weighted by atomic mass is 9.85. The maximum absolute atomic E-state index is 9.15. The molecule has 0 amide bonds. The van der Waals surface area contributed by atoms with Crippen molar-refractivity contribution in [3.63, 3.8) is 0 Å². The predicted molar refractivity (Wildman–Crippen MR) is 113 cm³/mol. The fourth-order valence-corrected chi connectivity index (χ4v) is 4.47. The van der Waals surface area contributed by atoms with Crippen LogP contribution >= 0.6 is 23.4 Å². The number of aromatic amines is 1. The molecule has 0 radical (unpaired) electrons. The molecule has 0 aliphatic heterocycles. The fourth-order valence-electron chi connectivity index (χ4n) is 3.58. The molecular weight excluding hydrogens is 360 g/mol. The topological polar surface area (TPSA) is 39.6 Å². The standard InChI is InChI=1S/C22H23ClN2S/c1-3-26-14-16-6-4-7-20-21(13-25-22(16)20)19(8-5-11-24)18-10-9-17(23)12-15(18)2/h4,6-7,9-10,12-13,19,25H,3,5,8,14H2,1-2H3. The van der Waals surface area contributed by atoms with Crippen LogP contribution in [0.1, 0.15) is 47.9 Å². The van der Waals surface area contributed by atoms with Crippen molar-refractivity contribution < 1.29 is 0 Å². The van der Waals surface area contributed by atoms with E-state index >= 15 is 0 Å². The monoisotopic (exact) mass is 382 g/mol. The number of nitrogens with zero attached hydrogens (tertiary/aromatic N) is 1. The first kappa shape index (κ1) is 18.9. The van der Waals surface area contributed by atoms with Crippen LogP contribution in [-0.2, 0) is 5.75 Å². The van der Waals surface area contributed by atoms with Crippen LogP contribution < -0.4 is 0 Å². The predicted octanol–water partition coefficient (Wildman–Crippen LogP) is 6.82. The summed E-state index contributed by atoms with van der Waals surface area (Å²) in [5, 5.41) is 11.2. The molecule has 2 nitrogen and oxygen atoms in total. The molecule has 1 aromatic heterocycles. The van der Waals surface area contributed by atoms with Crippen molar-refractivity contribution in [1.82, 2.24) is 4.98 Å². The zero-order chi connectivity index (χ0) is 18.5. The number of rotatable bonds is 7. The molecule has 1 N–H and O–H groups in total. The van der Waals surface area contributed by atoms with E-state index < -0.39 is 0 Å². The van der Waals surface area contributed by atoms with Gasteiger partial charge in [-0.3, -0.25) is 0 Å². The normalized spacial score (nSPS) is 12.2. The molecule has 0 bridgehead atoms. The van der Waals surface area contributed by atoms with Crippen LogP contribution in [0.3, 0.4) is 0 Å². The maximum atomic E-state index is 9.15. The highest BCUT2D eigenvalue weighted by molar-refractivity contribution is 7.98. The number of halogens is 1. The number of nitrogens with one attached hydrogen (secondary N) is 1. The number of para-hydroxylation sites is 1. The minimum Gasteiger partial charge on any atom is -0.361 e. The van der Waals surface area contributed by atoms with Crippen LogP contribution in [0.5, 0.6) is 0 Å². The first-order chi connectivity index (χ1) is 12.7. The van der Waals surface area contributed by atoms with Crippen molar-refractivity contribution in [2.24, 2.45) is 0 Å². The summed E-state index contributed by atoms with van der Waals surface area (Å²) in [5.41, 5.74) is 6.25. The van der Waals surface area contributed by atoms with Crippen molar-refractivity contribution in [2.75, 3.05) is 5.75 Å². The van der Waals surface area contributed by atoms with Gasteiger partial charge in [0.15, 0.2) is 0 Å². The highest BCUT2D eigenvalue weighted by atomic mass is 35.5. The van der Waals surface area contributed by atoms with Crippen LogP contribution in [0.2, 0.25) is 5.02 Å². The Morgan fingerprint density at radius 2 is 2.08 bits per heavy atom. The van der Waals surface area contributed by atoms with E-state index in [0.29, 0.717) is 6.42 Å². The Kier molecular flexibility index (Phi) is 6.29. The lowest BCUT2D eigenvalue weighted by Crippen LogP contribution is -2.03. The number of thioether (sulfide) groups is 1. The van der Waals surface area contributed by atoms with Crippen LogP contribution in [0.4, 0.5) is 0 Å². The van der Waals surface area contributed by atoms with E-state index in [4.69, 9.17) is 16.9 Å². The quantitative estimate of drug-likeness (QED) is 0.487. The van der Waals surface area contributed by atoms with Gasteiger partial charge in [-0.15, -0.1) is 0 Å². The van der Waals surface area contributed by atoms with Gasteiger partial charge in [0.05, 0.1) is 6.07 Å². The number of H-pyrrole nitrogens is 1. The lowest BCUT2D eigenvalue weighted by Gasteiger charge is -2.19. The summed E-state index contributed by atoms with van der Waals surface area (Å²) in [6.45, 7) is 4.28. The van der Waals surface area contributed by atoms with Crippen molar-refractivity contribution in [3.05, 3.63) is 69.9 Å². The Labute approximate surface area is 164 Å². The Morgan fingerprint density at radius 1 is 1.23 bits per heavy atom. The number of fused-ring (bicyclic) bond motifs is 1. The Balaban J connectivity index is 2.08. The average molecular weight is 383 g/mol. The van der Waals surface area contributed by atoms with Gasteiger partial charge in [-0.25, -0.2) is 0 Å². The molecule has 3 aromatic rings. The Hall–Kier alpha value is -1.89. The minimum atomic E-state index is 0.190. The lowest BCUT2D eigenvalue weighted by molar-refractivity contribution is 0.734. The van der Waals surface area contributed by atoms with Gasteiger partial charge in [-0.2, -0.15) is 17.0 Å². The number of aryl methyl sites for hydroxylation is 1. The van der Waals surface area contributed by atoms with Gasteiger partial charge in [0.1, 0.15) is 0 Å². The average Bonchev–Trinajstić information content (AvgIpc) is 3.06. The number of aromatic nitrogens is 1. The largest absolute Gasteiger partial charge is 0.361 e. The van der Waals surface area contributed by atoms with E-state index in [0.717, 1.165) is 22.9 Å². The summed E-state index contributed by atoms with van der Waals surface area (Å²) in [4.78, 5) is 3.50. The molecule has 1 atom stereocenters. The second-order valence-electron chi connectivity index (χ2n) is 6.47. The molecule has 1 unspecified atom stereocenters. The molecule has 2 aromatic carbocycles. The third kappa shape index (κ3) is 3.92. The maximum Gasteiger partial charge on any atom is 0.0622 e. The van der Waals surface area contributed by atoms with Crippen LogP contribution in [0, 0.1) is 18.3 Å². The molecule has 134 valence electrons. The molecule has 3 rings (SSSR count). The third-order valence-electron chi connectivity index (χ3n) is 4.82. The number of hydrogen-bond acceptors (Lipinski definition) is 2. The summed E-state index contributed by atoms with van der Waals surface area (Å²) in [6.07, 6.45) is 3.46. The van der Waals surface area contributed by atoms with E-state index in [1.54, 1.807) is 0 Å². The molecular formula is C22H23ClN2S. The fraction of sp³-hybridized carbons (Fsp3) is 0.318. The van der Waals surface area contributed by atoms with Gasteiger partial charge in [0.2, 0.25) is 0 Å². The molecule has 0 spiro atoms. The zero-order valence-electron chi connectivity index (χ0n) is 15.2. The highest BCUT2D eigenvalue weighted by Gasteiger charge is 2.20. The van der Waals surface area contributed by atoms with Crippen molar-refractivity contribution in [3.8, 4) is 6.07 Å². The van der Waals surface area contributed by atoms with E-state index in [2.05, 4.69) is 55.4 Å². The number of nitriles is 1. The SMILES string of the molecule is CCSCc1cccc2c(C(CCC#N)c3ccc(Cl)cc3C)c[nH]c12. The van der Waals surface area contributed by atoms with E-state index in [1.807, 2.05) is 23.9 Å². The molecule has 26 heavy (non-hydrogen) atoms. The van der Waals surface area contributed by atoms with Gasteiger partial charge in [0, 0.05) is 40.2 Å². The molecule has 4 heteroatoms. The second kappa shape index (κ2) is 8.66. The van der Waals surface area contributed by atoms with Crippen molar-refractivity contribution in [2.45, 2.75) is 38.4 Å². The van der Waals surface area contributed by atoms with Crippen LogP contribution in [0.25, 0.3) is 10.9 Å². The summed E-state index contributed by atoms with van der Waals surface area (Å²) >= 11 is 8.08. The number of benzene rings is 2. The minimum absolute atomic E-state index is 0.190. The Bertz CT molecular complexity index is 939. The zero-order valence-corrected chi connectivity index (χ0v) is 16.8. The highest BCUT2D eigenvalue weighted by Crippen LogP contribution is 2.37. The summed E-state index contributed by atoms with van der Waals surface area (Å²) in [6, 6.07) is 14.9. The van der Waals surface area contributed by atoms with E-state index in [9.17, 15) is 0 Å². The third-order valence-corrected chi connectivity index (χ3v) is 5.98. The van der Waals surface area contributed by atoms with Gasteiger partial charge in [-0.1, -0.05) is 42.8 Å². The first-order valence-corrected chi connectivity index (χ1v) is 10.5. The van der Waals surface area contributed by atoms with E-state index in [1.165, 1.54) is 33.2 Å². The van der Waals surface area contributed by atoms with Gasteiger partial charge < -0.3 is 4.98 Å². The summed E-state index contributed by atoms with van der Waals surface area (Å²) in [5.74, 6) is 2.31. The number of hydrogen-bond donors (Lipinski definition) is 1. The molecule has 0 aliphatic rings. The smallest absolute Gasteiger partial charge is 0.0622 e. The molecule has 1 heterocycles. The molecule has 0 saturated heterocycles. The summed E-state index contributed by atoms with van der Waals surface area (Å²) in [7, 11) is 0.